The van der Waals surface area contributed by atoms with Gasteiger partial charge < -0.3 is 20.1 Å². The lowest BCUT2D eigenvalue weighted by atomic mass is 9.93. The number of carbonyl (C=O) groups excluding carboxylic acids is 1. The van der Waals surface area contributed by atoms with Crippen LogP contribution in [0.25, 0.3) is 10.9 Å². The van der Waals surface area contributed by atoms with Crippen molar-refractivity contribution < 1.29 is 14.3 Å². The van der Waals surface area contributed by atoms with Gasteiger partial charge in [0.2, 0.25) is 0 Å². The second-order valence-corrected chi connectivity index (χ2v) is 6.05. The number of ether oxygens (including phenoxy) is 2. The highest BCUT2D eigenvalue weighted by Gasteiger charge is 2.22. The quantitative estimate of drug-likeness (QED) is 0.903. The maximum absolute atomic E-state index is 12.4. The van der Waals surface area contributed by atoms with Crippen molar-refractivity contribution in [1.82, 2.24) is 10.3 Å². The molecule has 6 nitrogen and oxygen atoms in total. The van der Waals surface area contributed by atoms with Gasteiger partial charge in [0.1, 0.15) is 11.3 Å². The van der Waals surface area contributed by atoms with Crippen LogP contribution in [-0.4, -0.2) is 37.4 Å². The lowest BCUT2D eigenvalue weighted by molar-refractivity contribution is 0.0573. The van der Waals surface area contributed by atoms with Crippen molar-refractivity contribution >= 4 is 22.6 Å². The SMILES string of the molecule is COc1ccc(NC(=O)NC(C)C2CCOCC2)c2cccnc12. The molecule has 24 heavy (non-hydrogen) atoms. The minimum absolute atomic E-state index is 0.108. The van der Waals surface area contributed by atoms with E-state index in [2.05, 4.69) is 15.6 Å². The molecule has 1 aliphatic heterocycles. The Hall–Kier alpha value is -2.34. The summed E-state index contributed by atoms with van der Waals surface area (Å²) in [4.78, 5) is 16.7. The highest BCUT2D eigenvalue weighted by Crippen LogP contribution is 2.29. The van der Waals surface area contributed by atoms with Crippen LogP contribution in [0.2, 0.25) is 0 Å². The van der Waals surface area contributed by atoms with Gasteiger partial charge >= 0.3 is 6.03 Å². The molecule has 2 heterocycles. The number of amides is 2. The fourth-order valence-electron chi connectivity index (χ4n) is 3.12. The fraction of sp³-hybridized carbons (Fsp3) is 0.444. The average Bonchev–Trinajstić information content (AvgIpc) is 2.62. The summed E-state index contributed by atoms with van der Waals surface area (Å²) >= 11 is 0. The monoisotopic (exact) mass is 329 g/mol. The van der Waals surface area contributed by atoms with Crippen molar-refractivity contribution in [3.05, 3.63) is 30.5 Å². The summed E-state index contributed by atoms with van der Waals surface area (Å²) in [6, 6.07) is 7.31. The number of benzene rings is 1. The maximum Gasteiger partial charge on any atom is 0.319 e. The Kier molecular flexibility index (Phi) is 5.15. The zero-order chi connectivity index (χ0) is 16.9. The Balaban J connectivity index is 1.71. The predicted molar refractivity (Wildman–Crippen MR) is 93.5 cm³/mol. The van der Waals surface area contributed by atoms with Crippen LogP contribution in [0.4, 0.5) is 10.5 Å². The molecule has 6 heteroatoms. The molecule has 3 rings (SSSR count). The molecule has 0 spiro atoms. The molecule has 128 valence electrons. The minimum atomic E-state index is -0.204. The largest absolute Gasteiger partial charge is 0.494 e. The lowest BCUT2D eigenvalue weighted by Gasteiger charge is -2.28. The zero-order valence-electron chi connectivity index (χ0n) is 14.0. The maximum atomic E-state index is 12.4. The van der Waals surface area contributed by atoms with Gasteiger partial charge in [0.05, 0.1) is 12.8 Å². The number of nitrogens with zero attached hydrogens (tertiary/aromatic N) is 1. The molecule has 0 bridgehead atoms. The van der Waals surface area contributed by atoms with Crippen molar-refractivity contribution in [1.29, 1.82) is 0 Å². The second kappa shape index (κ2) is 7.49. The number of nitrogens with one attached hydrogen (secondary N) is 2. The Bertz CT molecular complexity index is 714. The fourth-order valence-corrected chi connectivity index (χ4v) is 3.12. The van der Waals surface area contributed by atoms with Gasteiger partial charge in [-0.25, -0.2) is 4.79 Å². The number of rotatable bonds is 4. The number of urea groups is 1. The van der Waals surface area contributed by atoms with Crippen LogP contribution in [0.5, 0.6) is 5.75 Å². The van der Waals surface area contributed by atoms with Gasteiger partial charge in [-0.3, -0.25) is 4.98 Å². The van der Waals surface area contributed by atoms with Crippen molar-refractivity contribution in [2.45, 2.75) is 25.8 Å². The second-order valence-electron chi connectivity index (χ2n) is 6.05. The number of pyridine rings is 1. The standard InChI is InChI=1S/C18H23N3O3/c1-12(13-7-10-24-11-8-13)20-18(22)21-15-5-6-16(23-2)17-14(15)4-3-9-19-17/h3-6,9,12-13H,7-8,10-11H2,1-2H3,(H2,20,21,22). The summed E-state index contributed by atoms with van der Waals surface area (Å²) in [6.07, 6.45) is 3.68. The van der Waals surface area contributed by atoms with Gasteiger partial charge in [0.25, 0.3) is 0 Å². The Labute approximate surface area is 141 Å². The molecule has 2 amide bonds. The number of hydrogen-bond donors (Lipinski definition) is 2. The molecule has 2 aromatic rings. The molecule has 1 aliphatic rings. The molecule has 1 saturated heterocycles. The van der Waals surface area contributed by atoms with E-state index in [0.717, 1.165) is 42.6 Å². The smallest absolute Gasteiger partial charge is 0.319 e. The minimum Gasteiger partial charge on any atom is -0.494 e. The van der Waals surface area contributed by atoms with E-state index in [0.29, 0.717) is 11.7 Å². The predicted octanol–water partition coefficient (Wildman–Crippen LogP) is 3.18. The molecule has 0 radical (unpaired) electrons. The van der Waals surface area contributed by atoms with Crippen LogP contribution in [0.1, 0.15) is 19.8 Å². The van der Waals surface area contributed by atoms with Gasteiger partial charge in [-0.05, 0) is 49.9 Å². The zero-order valence-corrected chi connectivity index (χ0v) is 14.0. The third kappa shape index (κ3) is 3.59. The third-order valence-electron chi connectivity index (χ3n) is 4.53. The lowest BCUT2D eigenvalue weighted by Crippen LogP contribution is -2.42. The van der Waals surface area contributed by atoms with Crippen molar-refractivity contribution in [2.24, 2.45) is 5.92 Å². The molecule has 0 saturated carbocycles. The van der Waals surface area contributed by atoms with E-state index >= 15 is 0 Å². The first kappa shape index (κ1) is 16.5. The van der Waals surface area contributed by atoms with Crippen LogP contribution in [-0.2, 0) is 4.74 Å². The van der Waals surface area contributed by atoms with E-state index in [-0.39, 0.29) is 12.1 Å². The van der Waals surface area contributed by atoms with Crippen LogP contribution in [0.15, 0.2) is 30.5 Å². The van der Waals surface area contributed by atoms with E-state index in [4.69, 9.17) is 9.47 Å². The molecule has 1 aromatic heterocycles. The molecule has 2 N–H and O–H groups in total. The van der Waals surface area contributed by atoms with E-state index in [1.807, 2.05) is 31.2 Å². The Morgan fingerprint density at radius 2 is 2.12 bits per heavy atom. The summed E-state index contributed by atoms with van der Waals surface area (Å²) in [5.41, 5.74) is 1.45. The summed E-state index contributed by atoms with van der Waals surface area (Å²) in [6.45, 7) is 3.59. The molecule has 0 aliphatic carbocycles. The van der Waals surface area contributed by atoms with E-state index in [1.54, 1.807) is 13.3 Å². The summed E-state index contributed by atoms with van der Waals surface area (Å²) in [5, 5.41) is 6.82. The van der Waals surface area contributed by atoms with E-state index in [9.17, 15) is 4.79 Å². The molecule has 1 atom stereocenters. The molecule has 1 aromatic carbocycles. The van der Waals surface area contributed by atoms with E-state index < -0.39 is 0 Å². The third-order valence-corrected chi connectivity index (χ3v) is 4.53. The first-order chi connectivity index (χ1) is 11.7. The molecule has 1 fully saturated rings. The summed E-state index contributed by atoms with van der Waals surface area (Å²) in [7, 11) is 1.61. The Morgan fingerprint density at radius 3 is 2.88 bits per heavy atom. The molecule has 1 unspecified atom stereocenters. The van der Waals surface area contributed by atoms with Crippen LogP contribution >= 0.6 is 0 Å². The van der Waals surface area contributed by atoms with Crippen molar-refractivity contribution in [2.75, 3.05) is 25.6 Å². The highest BCUT2D eigenvalue weighted by molar-refractivity contribution is 6.02. The number of carbonyl (C=O) groups is 1. The normalized spacial score (nSPS) is 16.6. The number of aromatic nitrogens is 1. The number of fused-ring (bicyclic) bond motifs is 1. The topological polar surface area (TPSA) is 72.5 Å². The van der Waals surface area contributed by atoms with Crippen molar-refractivity contribution in [3.63, 3.8) is 0 Å². The van der Waals surface area contributed by atoms with E-state index in [1.165, 1.54) is 0 Å². The number of hydrogen-bond acceptors (Lipinski definition) is 4. The molecular weight excluding hydrogens is 306 g/mol. The number of methoxy groups -OCH3 is 1. The molecular formula is C18H23N3O3. The van der Waals surface area contributed by atoms with Gasteiger partial charge in [-0.15, -0.1) is 0 Å². The van der Waals surface area contributed by atoms with Crippen LogP contribution < -0.4 is 15.4 Å². The van der Waals surface area contributed by atoms with Crippen LogP contribution in [0, 0.1) is 5.92 Å². The van der Waals surface area contributed by atoms with Crippen molar-refractivity contribution in [3.8, 4) is 5.75 Å². The summed E-state index contributed by atoms with van der Waals surface area (Å²) < 4.78 is 10.7. The summed E-state index contributed by atoms with van der Waals surface area (Å²) in [5.74, 6) is 1.14. The average molecular weight is 329 g/mol. The first-order valence-corrected chi connectivity index (χ1v) is 8.26. The van der Waals surface area contributed by atoms with Crippen LogP contribution in [0.3, 0.4) is 0 Å². The van der Waals surface area contributed by atoms with Gasteiger partial charge in [0.15, 0.2) is 0 Å². The Morgan fingerprint density at radius 1 is 1.33 bits per heavy atom. The van der Waals surface area contributed by atoms with Gasteiger partial charge in [-0.2, -0.15) is 0 Å². The first-order valence-electron chi connectivity index (χ1n) is 8.26. The number of anilines is 1. The van der Waals surface area contributed by atoms with Gasteiger partial charge in [0, 0.05) is 30.8 Å². The highest BCUT2D eigenvalue weighted by atomic mass is 16.5. The van der Waals surface area contributed by atoms with Gasteiger partial charge in [-0.1, -0.05) is 0 Å².